The second-order valence-electron chi connectivity index (χ2n) is 7.41. The fourth-order valence-corrected chi connectivity index (χ4v) is 4.85. The van der Waals surface area contributed by atoms with Crippen molar-refractivity contribution in [3.05, 3.63) is 95.6 Å². The van der Waals surface area contributed by atoms with Crippen LogP contribution in [0.1, 0.15) is 27.6 Å². The summed E-state index contributed by atoms with van der Waals surface area (Å²) in [5, 5.41) is 6.16. The van der Waals surface area contributed by atoms with Crippen molar-refractivity contribution in [2.45, 2.75) is 16.8 Å². The molecule has 2 N–H and O–H groups in total. The number of ether oxygens (including phenoxy) is 1. The van der Waals surface area contributed by atoms with Gasteiger partial charge in [-0.05, 0) is 47.5 Å². The zero-order valence-electron chi connectivity index (χ0n) is 17.0. The molecule has 1 fully saturated rings. The molecule has 0 aromatic heterocycles. The van der Waals surface area contributed by atoms with Gasteiger partial charge in [-0.3, -0.25) is 4.79 Å². The second-order valence-corrected chi connectivity index (χ2v) is 9.40. The van der Waals surface area contributed by atoms with Gasteiger partial charge in [0.05, 0.1) is 23.4 Å². The van der Waals surface area contributed by atoms with Gasteiger partial charge in [-0.15, -0.1) is 0 Å². The van der Waals surface area contributed by atoms with Gasteiger partial charge in [0, 0.05) is 24.3 Å². The van der Waals surface area contributed by atoms with Crippen LogP contribution in [-0.4, -0.2) is 34.0 Å². The predicted octanol–water partition coefficient (Wildman–Crippen LogP) is 3.57. The molecule has 0 radical (unpaired) electrons. The standard InChI is InChI=1S/C24H24N2O4S/c27-24(26-21-11-9-19(10-12-21)23-16-25-13-14-30-23)20-6-4-5-18(15-20)17-31(28,29)22-7-2-1-3-8-22/h1-12,15,23,25H,13-14,16-17H2,(H,26,27). The maximum Gasteiger partial charge on any atom is 0.255 e. The van der Waals surface area contributed by atoms with E-state index in [1.807, 2.05) is 24.3 Å². The topological polar surface area (TPSA) is 84.5 Å². The lowest BCUT2D eigenvalue weighted by Crippen LogP contribution is -2.33. The number of sulfone groups is 1. The number of hydrogen-bond donors (Lipinski definition) is 2. The third kappa shape index (κ3) is 5.38. The molecular weight excluding hydrogens is 412 g/mol. The number of anilines is 1. The Morgan fingerprint density at radius 1 is 1.00 bits per heavy atom. The summed E-state index contributed by atoms with van der Waals surface area (Å²) in [6, 6.07) is 22.6. The number of carbonyl (C=O) groups is 1. The van der Waals surface area contributed by atoms with Crippen LogP contribution in [0.2, 0.25) is 0 Å². The largest absolute Gasteiger partial charge is 0.371 e. The van der Waals surface area contributed by atoms with Crippen molar-refractivity contribution in [2.75, 3.05) is 25.0 Å². The maximum absolute atomic E-state index is 12.7. The summed E-state index contributed by atoms with van der Waals surface area (Å²) in [6.07, 6.45) is 0.0155. The Labute approximate surface area is 182 Å². The van der Waals surface area contributed by atoms with Crippen LogP contribution in [0.25, 0.3) is 0 Å². The van der Waals surface area contributed by atoms with Crippen LogP contribution in [0.15, 0.2) is 83.8 Å². The monoisotopic (exact) mass is 436 g/mol. The van der Waals surface area contributed by atoms with Gasteiger partial charge in [-0.2, -0.15) is 0 Å². The van der Waals surface area contributed by atoms with Crippen molar-refractivity contribution in [2.24, 2.45) is 0 Å². The minimum absolute atomic E-state index is 0.0155. The number of amides is 1. The van der Waals surface area contributed by atoms with E-state index < -0.39 is 9.84 Å². The number of benzene rings is 3. The maximum atomic E-state index is 12.7. The first-order chi connectivity index (χ1) is 15.0. The molecule has 1 saturated heterocycles. The average Bonchev–Trinajstić information content (AvgIpc) is 2.81. The van der Waals surface area contributed by atoms with Gasteiger partial charge in [0.25, 0.3) is 5.91 Å². The van der Waals surface area contributed by atoms with Crippen molar-refractivity contribution >= 4 is 21.4 Å². The highest BCUT2D eigenvalue weighted by atomic mass is 32.2. The number of hydrogen-bond acceptors (Lipinski definition) is 5. The van der Waals surface area contributed by atoms with Crippen molar-refractivity contribution in [3.8, 4) is 0 Å². The van der Waals surface area contributed by atoms with E-state index in [9.17, 15) is 13.2 Å². The van der Waals surface area contributed by atoms with Gasteiger partial charge < -0.3 is 15.4 Å². The van der Waals surface area contributed by atoms with Crippen LogP contribution in [0, 0.1) is 0 Å². The Hall–Kier alpha value is -3.00. The second kappa shape index (κ2) is 9.43. The predicted molar refractivity (Wildman–Crippen MR) is 120 cm³/mol. The van der Waals surface area contributed by atoms with E-state index in [0.717, 1.165) is 18.7 Å². The first-order valence-electron chi connectivity index (χ1n) is 10.1. The Morgan fingerprint density at radius 3 is 2.48 bits per heavy atom. The van der Waals surface area contributed by atoms with Crippen LogP contribution in [-0.2, 0) is 20.3 Å². The van der Waals surface area contributed by atoms with Crippen molar-refractivity contribution in [1.29, 1.82) is 0 Å². The zero-order chi connectivity index (χ0) is 21.7. The van der Waals surface area contributed by atoms with Gasteiger partial charge >= 0.3 is 0 Å². The molecule has 1 aliphatic rings. The molecule has 31 heavy (non-hydrogen) atoms. The molecule has 1 aliphatic heterocycles. The van der Waals surface area contributed by atoms with Crippen molar-refractivity contribution < 1.29 is 17.9 Å². The fourth-order valence-electron chi connectivity index (χ4n) is 3.50. The van der Waals surface area contributed by atoms with Gasteiger partial charge in [-0.1, -0.05) is 42.5 Å². The lowest BCUT2D eigenvalue weighted by molar-refractivity contribution is 0.0277. The summed E-state index contributed by atoms with van der Waals surface area (Å²) >= 11 is 0. The van der Waals surface area contributed by atoms with Gasteiger partial charge in [0.15, 0.2) is 9.84 Å². The SMILES string of the molecule is O=C(Nc1ccc(C2CNCCO2)cc1)c1cccc(CS(=O)(=O)c2ccccc2)c1. The molecule has 3 aromatic carbocycles. The van der Waals surface area contributed by atoms with Crippen LogP contribution in [0.4, 0.5) is 5.69 Å². The minimum Gasteiger partial charge on any atom is -0.371 e. The summed E-state index contributed by atoms with van der Waals surface area (Å²) in [5.74, 6) is -0.454. The number of rotatable bonds is 6. The highest BCUT2D eigenvalue weighted by Gasteiger charge is 2.17. The minimum atomic E-state index is -3.48. The molecule has 1 amide bonds. The van der Waals surface area contributed by atoms with Gasteiger partial charge in [0.1, 0.15) is 0 Å². The molecule has 4 rings (SSSR count). The first kappa shape index (κ1) is 21.2. The Balaban J connectivity index is 1.43. The van der Waals surface area contributed by atoms with E-state index in [1.54, 1.807) is 54.6 Å². The average molecular weight is 437 g/mol. The van der Waals surface area contributed by atoms with Crippen LogP contribution < -0.4 is 10.6 Å². The number of nitrogens with one attached hydrogen (secondary N) is 2. The Morgan fingerprint density at radius 2 is 1.77 bits per heavy atom. The summed E-state index contributed by atoms with van der Waals surface area (Å²) in [4.78, 5) is 13.0. The molecule has 3 aromatic rings. The molecular formula is C24H24N2O4S. The van der Waals surface area contributed by atoms with Crippen LogP contribution in [0.3, 0.4) is 0 Å². The number of carbonyl (C=O) groups excluding carboxylic acids is 1. The van der Waals surface area contributed by atoms with E-state index in [-0.39, 0.29) is 22.7 Å². The first-order valence-corrected chi connectivity index (χ1v) is 11.8. The fraction of sp³-hybridized carbons (Fsp3) is 0.208. The lowest BCUT2D eigenvalue weighted by Gasteiger charge is -2.24. The van der Waals surface area contributed by atoms with Crippen LogP contribution >= 0.6 is 0 Å². The third-order valence-electron chi connectivity index (χ3n) is 5.12. The molecule has 160 valence electrons. The van der Waals surface area contributed by atoms with Crippen molar-refractivity contribution in [3.63, 3.8) is 0 Å². The van der Waals surface area contributed by atoms with Crippen molar-refractivity contribution in [1.82, 2.24) is 5.32 Å². The summed E-state index contributed by atoms with van der Waals surface area (Å²) in [7, 11) is -3.48. The number of morpholine rings is 1. The van der Waals surface area contributed by atoms with Crippen LogP contribution in [0.5, 0.6) is 0 Å². The lowest BCUT2D eigenvalue weighted by atomic mass is 10.1. The molecule has 6 nitrogen and oxygen atoms in total. The van der Waals surface area contributed by atoms with E-state index in [4.69, 9.17) is 4.74 Å². The molecule has 7 heteroatoms. The zero-order valence-corrected chi connectivity index (χ0v) is 17.8. The quantitative estimate of drug-likeness (QED) is 0.617. The molecule has 1 heterocycles. The van der Waals surface area contributed by atoms with Gasteiger partial charge in [0.2, 0.25) is 0 Å². The highest BCUT2D eigenvalue weighted by molar-refractivity contribution is 7.90. The molecule has 0 spiro atoms. The van der Waals surface area contributed by atoms with E-state index in [1.165, 1.54) is 0 Å². The summed E-state index contributed by atoms with van der Waals surface area (Å²) in [5.41, 5.74) is 2.69. The molecule has 0 saturated carbocycles. The Bertz CT molecular complexity index is 1140. The third-order valence-corrected chi connectivity index (χ3v) is 6.82. The molecule has 1 unspecified atom stereocenters. The molecule has 0 bridgehead atoms. The van der Waals surface area contributed by atoms with E-state index in [2.05, 4.69) is 10.6 Å². The smallest absolute Gasteiger partial charge is 0.255 e. The van der Waals surface area contributed by atoms with E-state index in [0.29, 0.717) is 23.4 Å². The van der Waals surface area contributed by atoms with E-state index >= 15 is 0 Å². The highest BCUT2D eigenvalue weighted by Crippen LogP contribution is 2.22. The summed E-state index contributed by atoms with van der Waals surface area (Å²) in [6.45, 7) is 2.31. The van der Waals surface area contributed by atoms with Gasteiger partial charge in [-0.25, -0.2) is 8.42 Å². The molecule has 1 atom stereocenters. The molecule has 0 aliphatic carbocycles. The normalized spacial score (nSPS) is 16.6. The summed E-state index contributed by atoms with van der Waals surface area (Å²) < 4.78 is 31.0. The Kier molecular flexibility index (Phi) is 6.46.